The minimum atomic E-state index is -1.99. The maximum absolute atomic E-state index is 11.4. The van der Waals surface area contributed by atoms with E-state index in [4.69, 9.17) is 15.3 Å². The quantitative estimate of drug-likeness (QED) is 0.295. The summed E-state index contributed by atoms with van der Waals surface area (Å²) in [6, 6.07) is 0. The zero-order valence-corrected chi connectivity index (χ0v) is 9.49. The van der Waals surface area contributed by atoms with Gasteiger partial charge in [-0.15, -0.1) is 0 Å². The van der Waals surface area contributed by atoms with Crippen molar-refractivity contribution in [1.82, 2.24) is 5.32 Å². The van der Waals surface area contributed by atoms with Crippen LogP contribution in [0.5, 0.6) is 0 Å². The van der Waals surface area contributed by atoms with Crippen molar-refractivity contribution in [3.63, 3.8) is 0 Å². The van der Waals surface area contributed by atoms with E-state index in [9.17, 15) is 19.8 Å². The van der Waals surface area contributed by atoms with E-state index in [1.165, 1.54) is 0 Å². The van der Waals surface area contributed by atoms with Gasteiger partial charge < -0.3 is 30.8 Å². The van der Waals surface area contributed by atoms with E-state index in [0.717, 1.165) is 13.8 Å². The third-order valence-electron chi connectivity index (χ3n) is 2.27. The number of hydrogen-bond acceptors (Lipinski definition) is 6. The zero-order chi connectivity index (χ0) is 13.8. The molecule has 0 heterocycles. The number of aliphatic hydroxyl groups excluding tert-OH is 4. The van der Waals surface area contributed by atoms with Gasteiger partial charge in [0, 0.05) is 0 Å². The fourth-order valence-electron chi connectivity index (χ4n) is 0.925. The van der Waals surface area contributed by atoms with Gasteiger partial charge in [0.25, 0.3) is 5.91 Å². The molecule has 1 amide bonds. The van der Waals surface area contributed by atoms with Gasteiger partial charge in [0.05, 0.1) is 12.7 Å². The highest BCUT2D eigenvalue weighted by Gasteiger charge is 2.38. The van der Waals surface area contributed by atoms with Crippen LogP contribution in [0.4, 0.5) is 0 Å². The molecule has 0 fully saturated rings. The molecular weight excluding hydrogens is 234 g/mol. The van der Waals surface area contributed by atoms with Crippen LogP contribution < -0.4 is 5.32 Å². The summed E-state index contributed by atoms with van der Waals surface area (Å²) in [5, 5.41) is 46.9. The highest BCUT2D eigenvalue weighted by atomic mass is 16.4. The number of aliphatic hydroxyl groups is 4. The second kappa shape index (κ2) is 5.92. The molecule has 4 atom stereocenters. The molecule has 0 bridgehead atoms. The second-order valence-corrected chi connectivity index (χ2v) is 3.96. The molecule has 0 aromatic rings. The zero-order valence-electron chi connectivity index (χ0n) is 9.49. The van der Waals surface area contributed by atoms with Crippen LogP contribution in [-0.2, 0) is 9.59 Å². The Bertz CT molecular complexity index is 293. The molecule has 0 saturated carbocycles. The Labute approximate surface area is 97.5 Å². The number of carbonyl (C=O) groups excluding carboxylic acids is 1. The van der Waals surface area contributed by atoms with Gasteiger partial charge in [0.1, 0.15) is 6.10 Å². The molecule has 0 spiro atoms. The third kappa shape index (κ3) is 3.93. The van der Waals surface area contributed by atoms with E-state index >= 15 is 0 Å². The average molecular weight is 251 g/mol. The number of carbonyl (C=O) groups is 2. The summed E-state index contributed by atoms with van der Waals surface area (Å²) in [5.41, 5.74) is -1.96. The fraction of sp³-hybridized carbons (Fsp3) is 0.778. The van der Waals surface area contributed by atoms with Crippen LogP contribution >= 0.6 is 0 Å². The van der Waals surface area contributed by atoms with E-state index < -0.39 is 42.3 Å². The molecular formula is C9H17NO7. The average Bonchev–Trinajstić information content (AvgIpc) is 2.26. The molecule has 0 aliphatic rings. The number of hydrogen-bond donors (Lipinski definition) is 6. The molecule has 0 rings (SSSR count). The predicted octanol–water partition coefficient (Wildman–Crippen LogP) is -2.96. The molecule has 0 aliphatic heterocycles. The van der Waals surface area contributed by atoms with Crippen LogP contribution in [0.3, 0.4) is 0 Å². The van der Waals surface area contributed by atoms with E-state index in [0.29, 0.717) is 0 Å². The molecule has 0 aromatic heterocycles. The van der Waals surface area contributed by atoms with Crippen molar-refractivity contribution >= 4 is 11.9 Å². The molecule has 0 radical (unpaired) electrons. The summed E-state index contributed by atoms with van der Waals surface area (Å²) in [4.78, 5) is 22.1. The summed E-state index contributed by atoms with van der Waals surface area (Å²) in [7, 11) is 0. The summed E-state index contributed by atoms with van der Waals surface area (Å²) in [6.45, 7) is 1.31. The van der Waals surface area contributed by atoms with Crippen molar-refractivity contribution in [1.29, 1.82) is 0 Å². The van der Waals surface area contributed by atoms with Crippen molar-refractivity contribution in [3.05, 3.63) is 0 Å². The normalized spacial score (nSPS) is 19.9. The topological polar surface area (TPSA) is 147 Å². The minimum absolute atomic E-state index is 0.883. The van der Waals surface area contributed by atoms with Crippen molar-refractivity contribution in [3.8, 4) is 0 Å². The Morgan fingerprint density at radius 1 is 1.29 bits per heavy atom. The maximum Gasteiger partial charge on any atom is 0.331 e. The van der Waals surface area contributed by atoms with Crippen molar-refractivity contribution < 1.29 is 35.1 Å². The molecule has 0 saturated heterocycles. The van der Waals surface area contributed by atoms with Gasteiger partial charge in [0.2, 0.25) is 0 Å². The van der Waals surface area contributed by atoms with Crippen LogP contribution in [0.2, 0.25) is 0 Å². The first kappa shape index (κ1) is 15.8. The first-order valence-electron chi connectivity index (χ1n) is 4.86. The molecule has 17 heavy (non-hydrogen) atoms. The van der Waals surface area contributed by atoms with Crippen molar-refractivity contribution in [2.75, 3.05) is 6.61 Å². The molecule has 0 aromatic carbocycles. The first-order chi connectivity index (χ1) is 7.65. The molecule has 0 unspecified atom stereocenters. The second-order valence-electron chi connectivity index (χ2n) is 3.96. The lowest BCUT2D eigenvalue weighted by Crippen LogP contribution is -2.59. The van der Waals surface area contributed by atoms with E-state index in [1.807, 2.05) is 5.32 Å². The largest absolute Gasteiger partial charge is 0.479 e. The van der Waals surface area contributed by atoms with Gasteiger partial charge in [-0.2, -0.15) is 0 Å². The Kier molecular flexibility index (Phi) is 5.49. The van der Waals surface area contributed by atoms with E-state index in [1.54, 1.807) is 0 Å². The van der Waals surface area contributed by atoms with Gasteiger partial charge >= 0.3 is 5.97 Å². The molecule has 100 valence electrons. The van der Waals surface area contributed by atoms with Crippen LogP contribution in [0, 0.1) is 0 Å². The molecule has 0 aliphatic carbocycles. The summed E-state index contributed by atoms with van der Waals surface area (Å²) in [6.07, 6.45) is -5.09. The highest BCUT2D eigenvalue weighted by molar-refractivity contribution is 5.89. The lowest BCUT2D eigenvalue weighted by Gasteiger charge is -2.27. The van der Waals surface area contributed by atoms with Crippen molar-refractivity contribution in [2.24, 2.45) is 0 Å². The smallest absolute Gasteiger partial charge is 0.331 e. The van der Waals surface area contributed by atoms with Gasteiger partial charge in [-0.3, -0.25) is 4.79 Å². The summed E-state index contributed by atoms with van der Waals surface area (Å²) in [5.74, 6) is -2.69. The summed E-state index contributed by atoms with van der Waals surface area (Å²) < 4.78 is 0. The third-order valence-corrected chi connectivity index (χ3v) is 2.27. The first-order valence-corrected chi connectivity index (χ1v) is 4.86. The maximum atomic E-state index is 11.4. The Hall–Kier alpha value is -1.22. The lowest BCUT2D eigenvalue weighted by atomic mass is 10.0. The minimum Gasteiger partial charge on any atom is -0.479 e. The van der Waals surface area contributed by atoms with Crippen molar-refractivity contribution in [2.45, 2.75) is 37.7 Å². The molecule has 6 N–H and O–H groups in total. The van der Waals surface area contributed by atoms with Crippen LogP contribution in [0.1, 0.15) is 13.8 Å². The van der Waals surface area contributed by atoms with Gasteiger partial charge in [0.15, 0.2) is 11.6 Å². The van der Waals surface area contributed by atoms with E-state index in [-0.39, 0.29) is 0 Å². The number of rotatable bonds is 6. The molecule has 8 nitrogen and oxygen atoms in total. The van der Waals surface area contributed by atoms with Crippen LogP contribution in [-0.4, -0.2) is 67.9 Å². The van der Waals surface area contributed by atoms with Gasteiger partial charge in [-0.05, 0) is 13.8 Å². The number of amides is 1. The summed E-state index contributed by atoms with van der Waals surface area (Å²) >= 11 is 0. The fourth-order valence-corrected chi connectivity index (χ4v) is 0.925. The predicted molar refractivity (Wildman–Crippen MR) is 55.0 cm³/mol. The van der Waals surface area contributed by atoms with Gasteiger partial charge in [-0.25, -0.2) is 4.79 Å². The van der Waals surface area contributed by atoms with Crippen LogP contribution in [0.25, 0.3) is 0 Å². The SMILES string of the molecule is C[C@@H](O)[C@H](O)[C@@H](O)C(=O)N[C@](C)(CO)C(=O)O. The van der Waals surface area contributed by atoms with Crippen LogP contribution in [0.15, 0.2) is 0 Å². The number of nitrogens with one attached hydrogen (secondary N) is 1. The number of aliphatic carboxylic acids is 1. The standard InChI is InChI=1S/C9H17NO7/c1-4(12)5(13)6(14)7(15)10-9(2,3-11)8(16)17/h4-6,11-14H,3H2,1-2H3,(H,10,15)(H,16,17)/t4-,5+,6-,9-/m1/s1. The Morgan fingerprint density at radius 2 is 1.76 bits per heavy atom. The van der Waals surface area contributed by atoms with E-state index in [2.05, 4.69) is 0 Å². The van der Waals surface area contributed by atoms with Gasteiger partial charge in [-0.1, -0.05) is 0 Å². The lowest BCUT2D eigenvalue weighted by molar-refractivity contribution is -0.153. The molecule has 8 heteroatoms. The Morgan fingerprint density at radius 3 is 2.06 bits per heavy atom. The number of carboxylic acid groups (broad SMARTS) is 1. The monoisotopic (exact) mass is 251 g/mol. The highest BCUT2D eigenvalue weighted by Crippen LogP contribution is 2.06. The number of carboxylic acids is 1. The Balaban J connectivity index is 4.69.